The predicted molar refractivity (Wildman–Crippen MR) is 113 cm³/mol. The van der Waals surface area contributed by atoms with Crippen molar-refractivity contribution >= 4 is 18.0 Å². The van der Waals surface area contributed by atoms with E-state index in [9.17, 15) is 14.4 Å². The largest absolute Gasteiger partial charge is 0.461 e. The number of hydrogen-bond donors (Lipinski definition) is 0. The maximum Gasteiger partial charge on any atom is 0.311 e. The van der Waals surface area contributed by atoms with E-state index in [0.717, 1.165) is 24.7 Å². The van der Waals surface area contributed by atoms with Crippen molar-refractivity contribution in [2.45, 2.75) is 79.2 Å². The molecule has 2 fully saturated rings. The summed E-state index contributed by atoms with van der Waals surface area (Å²) < 4.78 is 6.07. The lowest BCUT2D eigenvalue weighted by atomic mass is 9.81. The SMILES string of the molecule is CCc1cc(C)cc(CC)c1C1C(=O)C2CC(C=O)CC2C1OC(=O)C(C)(C)C. The zero-order valence-corrected chi connectivity index (χ0v) is 18.6. The first kappa shape index (κ1) is 21.7. The summed E-state index contributed by atoms with van der Waals surface area (Å²) in [6, 6.07) is 4.32. The van der Waals surface area contributed by atoms with E-state index in [2.05, 4.69) is 32.9 Å². The van der Waals surface area contributed by atoms with Crippen molar-refractivity contribution in [3.8, 4) is 0 Å². The molecule has 0 saturated heterocycles. The van der Waals surface area contributed by atoms with Crippen LogP contribution in [-0.2, 0) is 32.0 Å². The van der Waals surface area contributed by atoms with Crippen LogP contribution >= 0.6 is 0 Å². The Bertz CT molecular complexity index is 792. The minimum atomic E-state index is -0.636. The maximum absolute atomic E-state index is 13.6. The highest BCUT2D eigenvalue weighted by molar-refractivity contribution is 5.93. The van der Waals surface area contributed by atoms with Crippen molar-refractivity contribution in [1.82, 2.24) is 0 Å². The summed E-state index contributed by atoms with van der Waals surface area (Å²) in [4.78, 5) is 37.8. The van der Waals surface area contributed by atoms with Gasteiger partial charge in [-0.05, 0) is 70.1 Å². The molecule has 3 rings (SSSR count). The Morgan fingerprint density at radius 2 is 1.72 bits per heavy atom. The first-order valence-corrected chi connectivity index (χ1v) is 10.9. The van der Waals surface area contributed by atoms with Gasteiger partial charge in [-0.3, -0.25) is 9.59 Å². The van der Waals surface area contributed by atoms with Crippen molar-refractivity contribution in [2.75, 3.05) is 0 Å². The molecule has 4 heteroatoms. The summed E-state index contributed by atoms with van der Waals surface area (Å²) in [7, 11) is 0. The average molecular weight is 399 g/mol. The number of aryl methyl sites for hydroxylation is 3. The summed E-state index contributed by atoms with van der Waals surface area (Å²) >= 11 is 0. The second-order valence-electron chi connectivity index (χ2n) is 9.84. The monoisotopic (exact) mass is 398 g/mol. The van der Waals surface area contributed by atoms with E-state index in [-0.39, 0.29) is 29.5 Å². The number of Topliss-reactive ketones (excluding diaryl/α,β-unsaturated/α-hetero) is 1. The summed E-state index contributed by atoms with van der Waals surface area (Å²) in [5.41, 5.74) is 3.96. The molecule has 0 aromatic heterocycles. The van der Waals surface area contributed by atoms with Crippen LogP contribution in [-0.4, -0.2) is 24.1 Å². The van der Waals surface area contributed by atoms with Crippen LogP contribution < -0.4 is 0 Å². The smallest absolute Gasteiger partial charge is 0.311 e. The molecule has 1 aromatic carbocycles. The minimum absolute atomic E-state index is 0.0651. The van der Waals surface area contributed by atoms with Gasteiger partial charge in [0, 0.05) is 17.8 Å². The highest BCUT2D eigenvalue weighted by atomic mass is 16.5. The normalized spacial score (nSPS) is 29.0. The molecule has 0 heterocycles. The van der Waals surface area contributed by atoms with Gasteiger partial charge in [0.15, 0.2) is 0 Å². The lowest BCUT2D eigenvalue weighted by Gasteiger charge is -2.30. The highest BCUT2D eigenvalue weighted by Gasteiger charge is 2.57. The van der Waals surface area contributed by atoms with E-state index < -0.39 is 17.4 Å². The molecule has 2 aliphatic carbocycles. The first-order valence-electron chi connectivity index (χ1n) is 10.9. The Balaban J connectivity index is 2.10. The number of benzene rings is 1. The summed E-state index contributed by atoms with van der Waals surface area (Å²) in [5, 5.41) is 0. The van der Waals surface area contributed by atoms with Crippen LogP contribution in [0.1, 0.15) is 75.6 Å². The molecule has 2 saturated carbocycles. The molecule has 0 spiro atoms. The molecule has 0 radical (unpaired) electrons. The fraction of sp³-hybridized carbons (Fsp3) is 0.640. The van der Waals surface area contributed by atoms with Crippen molar-refractivity contribution in [1.29, 1.82) is 0 Å². The fourth-order valence-electron chi connectivity index (χ4n) is 5.25. The lowest BCUT2D eigenvalue weighted by molar-refractivity contribution is -0.161. The molecule has 0 aliphatic heterocycles. The number of carbonyl (C=O) groups is 3. The Labute approximate surface area is 174 Å². The zero-order valence-electron chi connectivity index (χ0n) is 18.6. The van der Waals surface area contributed by atoms with Crippen molar-refractivity contribution in [2.24, 2.45) is 23.2 Å². The lowest BCUT2D eigenvalue weighted by Crippen LogP contribution is -2.34. The number of aldehydes is 1. The zero-order chi connectivity index (χ0) is 21.5. The van der Waals surface area contributed by atoms with Crippen LogP contribution in [0.2, 0.25) is 0 Å². The third-order valence-electron chi connectivity index (χ3n) is 6.69. The van der Waals surface area contributed by atoms with Crippen LogP contribution in [0.15, 0.2) is 12.1 Å². The van der Waals surface area contributed by atoms with Gasteiger partial charge in [-0.1, -0.05) is 31.5 Å². The van der Waals surface area contributed by atoms with Gasteiger partial charge < -0.3 is 9.53 Å². The maximum atomic E-state index is 13.6. The third-order valence-corrected chi connectivity index (χ3v) is 6.69. The van der Waals surface area contributed by atoms with E-state index in [1.54, 1.807) is 0 Å². The molecule has 29 heavy (non-hydrogen) atoms. The van der Waals surface area contributed by atoms with Crippen molar-refractivity contribution in [3.05, 3.63) is 34.4 Å². The van der Waals surface area contributed by atoms with Gasteiger partial charge in [0.1, 0.15) is 18.2 Å². The summed E-state index contributed by atoms with van der Waals surface area (Å²) in [6.07, 6.45) is 3.36. The van der Waals surface area contributed by atoms with Crippen LogP contribution in [0.3, 0.4) is 0 Å². The Kier molecular flexibility index (Phi) is 6.03. The van der Waals surface area contributed by atoms with Gasteiger partial charge in [0.05, 0.1) is 11.3 Å². The quantitative estimate of drug-likeness (QED) is 0.538. The van der Waals surface area contributed by atoms with Gasteiger partial charge in [0.25, 0.3) is 0 Å². The van der Waals surface area contributed by atoms with Gasteiger partial charge in [-0.2, -0.15) is 0 Å². The second kappa shape index (κ2) is 8.04. The predicted octanol–water partition coefficient (Wildman–Crippen LogP) is 4.59. The van der Waals surface area contributed by atoms with Crippen LogP contribution in [0, 0.1) is 30.1 Å². The van der Waals surface area contributed by atoms with Gasteiger partial charge in [0.2, 0.25) is 0 Å². The first-order chi connectivity index (χ1) is 13.6. The second-order valence-corrected chi connectivity index (χ2v) is 9.84. The molecule has 5 atom stereocenters. The number of esters is 1. The number of rotatable bonds is 5. The molecule has 4 nitrogen and oxygen atoms in total. The fourth-order valence-corrected chi connectivity index (χ4v) is 5.25. The Morgan fingerprint density at radius 1 is 1.14 bits per heavy atom. The van der Waals surface area contributed by atoms with Gasteiger partial charge >= 0.3 is 5.97 Å². The number of carbonyl (C=O) groups excluding carboxylic acids is 3. The topological polar surface area (TPSA) is 60.4 Å². The molecular weight excluding hydrogens is 364 g/mol. The third kappa shape index (κ3) is 3.91. The molecule has 2 aliphatic rings. The van der Waals surface area contributed by atoms with Crippen LogP contribution in [0.25, 0.3) is 0 Å². The molecular formula is C25H34O4. The van der Waals surface area contributed by atoms with Crippen molar-refractivity contribution < 1.29 is 19.1 Å². The van der Waals surface area contributed by atoms with E-state index in [1.165, 1.54) is 16.7 Å². The Morgan fingerprint density at radius 3 is 2.21 bits per heavy atom. The number of ether oxygens (including phenoxy) is 1. The summed E-state index contributed by atoms with van der Waals surface area (Å²) in [5.74, 6) is -0.916. The standard InChI is InChI=1S/C25H34O4/c1-7-16-9-14(3)10-17(8-2)20(16)21-22(27)18-11-15(13-26)12-19(18)23(21)29-24(28)25(4,5)6/h9-10,13,15,18-19,21,23H,7-8,11-12H2,1-6H3. The van der Waals surface area contributed by atoms with E-state index in [1.807, 2.05) is 20.8 Å². The number of hydrogen-bond acceptors (Lipinski definition) is 4. The van der Waals surface area contributed by atoms with E-state index >= 15 is 0 Å². The molecule has 0 bridgehead atoms. The van der Waals surface area contributed by atoms with Crippen LogP contribution in [0.4, 0.5) is 0 Å². The number of fused-ring (bicyclic) bond motifs is 1. The van der Waals surface area contributed by atoms with Crippen molar-refractivity contribution in [3.63, 3.8) is 0 Å². The highest BCUT2D eigenvalue weighted by Crippen LogP contribution is 2.52. The Hall–Kier alpha value is -1.97. The van der Waals surface area contributed by atoms with Gasteiger partial charge in [-0.25, -0.2) is 0 Å². The molecule has 158 valence electrons. The number of ketones is 1. The summed E-state index contributed by atoms with van der Waals surface area (Å²) in [6.45, 7) is 11.8. The van der Waals surface area contributed by atoms with Crippen LogP contribution in [0.5, 0.6) is 0 Å². The average Bonchev–Trinajstić information content (AvgIpc) is 3.19. The molecule has 5 unspecified atom stereocenters. The van der Waals surface area contributed by atoms with Gasteiger partial charge in [-0.15, -0.1) is 0 Å². The van der Waals surface area contributed by atoms with E-state index in [4.69, 9.17) is 4.74 Å². The molecule has 1 aromatic rings. The molecule has 0 N–H and O–H groups in total. The minimum Gasteiger partial charge on any atom is -0.461 e. The molecule has 0 amide bonds. The van der Waals surface area contributed by atoms with E-state index in [0.29, 0.717) is 12.8 Å².